The molecule has 2 aliphatic rings. The van der Waals surface area contributed by atoms with E-state index in [0.717, 1.165) is 5.56 Å². The number of ether oxygens (including phenoxy) is 3. The van der Waals surface area contributed by atoms with E-state index in [9.17, 15) is 9.59 Å². The van der Waals surface area contributed by atoms with Crippen LogP contribution in [-0.4, -0.2) is 47.9 Å². The van der Waals surface area contributed by atoms with Crippen LogP contribution in [0.1, 0.15) is 19.4 Å². The van der Waals surface area contributed by atoms with Crippen molar-refractivity contribution < 1.29 is 23.8 Å². The van der Waals surface area contributed by atoms with E-state index in [4.69, 9.17) is 14.2 Å². The van der Waals surface area contributed by atoms with Crippen molar-refractivity contribution in [1.29, 1.82) is 0 Å². The van der Waals surface area contributed by atoms with Crippen LogP contribution >= 0.6 is 0 Å². The van der Waals surface area contributed by atoms with Crippen molar-refractivity contribution in [3.05, 3.63) is 35.9 Å². The number of amides is 1. The lowest BCUT2D eigenvalue weighted by Crippen LogP contribution is -2.53. The van der Waals surface area contributed by atoms with Gasteiger partial charge in [-0.25, -0.2) is 4.79 Å². The van der Waals surface area contributed by atoms with Gasteiger partial charge in [0.25, 0.3) is 0 Å². The van der Waals surface area contributed by atoms with Gasteiger partial charge in [0.1, 0.15) is 18.8 Å². The van der Waals surface area contributed by atoms with Gasteiger partial charge in [-0.05, 0) is 19.4 Å². The predicted molar refractivity (Wildman–Crippen MR) is 77.0 cm³/mol. The standard InChI is InChI=1S/C16H19NO5/c1-16(2)21-13-9-17(8-12(18)14(13)22-16)15(19)20-10-11-6-4-3-5-7-11/h3-7,13-14H,8-10H2,1-2H3/t13-,14+/m0/s1. The maximum Gasteiger partial charge on any atom is 0.410 e. The lowest BCUT2D eigenvalue weighted by atomic mass is 10.0. The molecule has 2 aliphatic heterocycles. The molecule has 22 heavy (non-hydrogen) atoms. The normalized spacial score (nSPS) is 26.6. The second kappa shape index (κ2) is 5.70. The number of rotatable bonds is 2. The molecule has 118 valence electrons. The molecular weight excluding hydrogens is 286 g/mol. The van der Waals surface area contributed by atoms with Crippen LogP contribution in [0.4, 0.5) is 4.79 Å². The van der Waals surface area contributed by atoms with E-state index in [1.165, 1.54) is 4.90 Å². The van der Waals surface area contributed by atoms with Crippen LogP contribution in [0.3, 0.4) is 0 Å². The highest BCUT2D eigenvalue weighted by molar-refractivity contribution is 5.89. The van der Waals surface area contributed by atoms with Gasteiger partial charge in [0.15, 0.2) is 11.6 Å². The first-order valence-corrected chi connectivity index (χ1v) is 7.28. The second-order valence-electron chi connectivity index (χ2n) is 5.98. The Morgan fingerprint density at radius 3 is 2.77 bits per heavy atom. The SMILES string of the molecule is CC1(C)O[C@H]2CN(C(=O)OCc3ccccc3)CC(=O)[C@H]2O1. The zero-order chi connectivity index (χ0) is 15.7. The van der Waals surface area contributed by atoms with Crippen molar-refractivity contribution in [1.82, 2.24) is 4.90 Å². The van der Waals surface area contributed by atoms with Gasteiger partial charge in [-0.3, -0.25) is 9.69 Å². The zero-order valence-electron chi connectivity index (χ0n) is 12.7. The first-order valence-electron chi connectivity index (χ1n) is 7.28. The number of hydrogen-bond donors (Lipinski definition) is 0. The van der Waals surface area contributed by atoms with Gasteiger partial charge in [-0.2, -0.15) is 0 Å². The molecule has 2 fully saturated rings. The lowest BCUT2D eigenvalue weighted by Gasteiger charge is -2.31. The van der Waals surface area contributed by atoms with Gasteiger partial charge in [0, 0.05) is 0 Å². The third-order valence-electron chi connectivity index (χ3n) is 3.71. The third kappa shape index (κ3) is 3.13. The highest BCUT2D eigenvalue weighted by Crippen LogP contribution is 2.31. The summed E-state index contributed by atoms with van der Waals surface area (Å²) in [5, 5.41) is 0. The molecule has 0 aliphatic carbocycles. The Kier molecular flexibility index (Phi) is 3.88. The van der Waals surface area contributed by atoms with Crippen LogP contribution in [0, 0.1) is 0 Å². The van der Waals surface area contributed by atoms with Crippen molar-refractivity contribution in [3.63, 3.8) is 0 Å². The minimum atomic E-state index is -0.797. The fourth-order valence-electron chi connectivity index (χ4n) is 2.75. The summed E-state index contributed by atoms with van der Waals surface area (Å²) in [7, 11) is 0. The first kappa shape index (κ1) is 15.0. The Morgan fingerprint density at radius 2 is 2.05 bits per heavy atom. The molecule has 1 amide bonds. The van der Waals surface area contributed by atoms with Crippen LogP contribution in [0.5, 0.6) is 0 Å². The summed E-state index contributed by atoms with van der Waals surface area (Å²) in [6.45, 7) is 4.00. The molecule has 2 heterocycles. The summed E-state index contributed by atoms with van der Waals surface area (Å²) < 4.78 is 16.5. The van der Waals surface area contributed by atoms with Crippen molar-refractivity contribution in [2.45, 2.75) is 38.4 Å². The molecular formula is C16H19NO5. The van der Waals surface area contributed by atoms with E-state index in [-0.39, 0.29) is 18.9 Å². The molecule has 0 spiro atoms. The van der Waals surface area contributed by atoms with Gasteiger partial charge >= 0.3 is 6.09 Å². The summed E-state index contributed by atoms with van der Waals surface area (Å²) in [5.74, 6) is -0.951. The van der Waals surface area contributed by atoms with Gasteiger partial charge in [-0.15, -0.1) is 0 Å². The lowest BCUT2D eigenvalue weighted by molar-refractivity contribution is -0.152. The second-order valence-corrected chi connectivity index (χ2v) is 5.98. The van der Waals surface area contributed by atoms with Gasteiger partial charge < -0.3 is 14.2 Å². The molecule has 0 bridgehead atoms. The van der Waals surface area contributed by atoms with Crippen molar-refractivity contribution in [2.24, 2.45) is 0 Å². The zero-order valence-corrected chi connectivity index (χ0v) is 12.7. The topological polar surface area (TPSA) is 65.1 Å². The van der Waals surface area contributed by atoms with Crippen LogP contribution in [0.25, 0.3) is 0 Å². The average Bonchev–Trinajstić information content (AvgIpc) is 2.80. The number of carbonyl (C=O) groups excluding carboxylic acids is 2. The van der Waals surface area contributed by atoms with Gasteiger partial charge in [0.05, 0.1) is 13.1 Å². The smallest absolute Gasteiger partial charge is 0.410 e. The van der Waals surface area contributed by atoms with Crippen LogP contribution in [0.2, 0.25) is 0 Å². The molecule has 0 aromatic heterocycles. The largest absolute Gasteiger partial charge is 0.445 e. The Labute approximate surface area is 128 Å². The van der Waals surface area contributed by atoms with E-state index in [0.29, 0.717) is 6.54 Å². The third-order valence-corrected chi connectivity index (χ3v) is 3.71. The van der Waals surface area contributed by atoms with Gasteiger partial charge in [-0.1, -0.05) is 30.3 Å². The average molecular weight is 305 g/mol. The maximum absolute atomic E-state index is 12.1. The maximum atomic E-state index is 12.1. The molecule has 2 saturated heterocycles. The summed E-state index contributed by atoms with van der Waals surface area (Å²) >= 11 is 0. The fourth-order valence-corrected chi connectivity index (χ4v) is 2.75. The monoisotopic (exact) mass is 305 g/mol. The molecule has 6 heteroatoms. The number of carbonyl (C=O) groups is 2. The molecule has 0 saturated carbocycles. The van der Waals surface area contributed by atoms with Crippen LogP contribution in [0.15, 0.2) is 30.3 Å². The summed E-state index contributed by atoms with van der Waals surface area (Å²) in [5.41, 5.74) is 0.902. The van der Waals surface area contributed by atoms with E-state index >= 15 is 0 Å². The van der Waals surface area contributed by atoms with Crippen molar-refractivity contribution in [2.75, 3.05) is 13.1 Å². The quantitative estimate of drug-likeness (QED) is 0.832. The highest BCUT2D eigenvalue weighted by Gasteiger charge is 2.49. The Bertz CT molecular complexity index is 571. The molecule has 3 rings (SSSR count). The molecule has 1 aromatic carbocycles. The Hall–Kier alpha value is -1.92. The first-order chi connectivity index (χ1) is 10.4. The summed E-state index contributed by atoms with van der Waals surface area (Å²) in [6, 6.07) is 9.41. The number of nitrogens with zero attached hydrogens (tertiary/aromatic N) is 1. The highest BCUT2D eigenvalue weighted by atomic mass is 16.8. The number of likely N-dealkylation sites (tertiary alicyclic amines) is 1. The molecule has 0 unspecified atom stereocenters. The minimum absolute atomic E-state index is 0.00572. The Morgan fingerprint density at radius 1 is 1.32 bits per heavy atom. The fraction of sp³-hybridized carbons (Fsp3) is 0.500. The summed E-state index contributed by atoms with van der Waals surface area (Å²) in [4.78, 5) is 25.6. The number of fused-ring (bicyclic) bond motifs is 1. The number of ketones is 1. The number of benzene rings is 1. The van der Waals surface area contributed by atoms with Gasteiger partial charge in [0.2, 0.25) is 0 Å². The van der Waals surface area contributed by atoms with E-state index in [1.54, 1.807) is 13.8 Å². The van der Waals surface area contributed by atoms with E-state index < -0.39 is 24.1 Å². The molecule has 0 N–H and O–H groups in total. The molecule has 2 atom stereocenters. The number of hydrogen-bond acceptors (Lipinski definition) is 5. The molecule has 6 nitrogen and oxygen atoms in total. The molecule has 1 aromatic rings. The predicted octanol–water partition coefficient (Wildman–Crippen LogP) is 1.73. The van der Waals surface area contributed by atoms with Crippen molar-refractivity contribution in [3.8, 4) is 0 Å². The molecule has 0 radical (unpaired) electrons. The van der Waals surface area contributed by atoms with E-state index in [2.05, 4.69) is 0 Å². The van der Waals surface area contributed by atoms with Crippen molar-refractivity contribution >= 4 is 11.9 Å². The Balaban J connectivity index is 1.59. The van der Waals surface area contributed by atoms with Crippen LogP contribution < -0.4 is 0 Å². The number of piperidine rings is 1. The summed E-state index contributed by atoms with van der Waals surface area (Å²) in [6.07, 6.45) is -1.53. The minimum Gasteiger partial charge on any atom is -0.445 e. The van der Waals surface area contributed by atoms with Crippen LogP contribution in [-0.2, 0) is 25.6 Å². The van der Waals surface area contributed by atoms with E-state index in [1.807, 2.05) is 30.3 Å². The number of Topliss-reactive ketones (excluding diaryl/α,β-unsaturated/α-hetero) is 1.